The Kier molecular flexibility index (Phi) is 5.33. The van der Waals surface area contributed by atoms with Gasteiger partial charge in [-0.2, -0.15) is 5.10 Å². The number of hydrogen-bond donors (Lipinski definition) is 1. The van der Waals surface area contributed by atoms with Gasteiger partial charge in [-0.05, 0) is 46.0 Å². The highest BCUT2D eigenvalue weighted by Crippen LogP contribution is 2.14. The molecule has 5 heteroatoms. The SMILES string of the molecule is CC(C)CC(=NNC(=O)c1ccc(Br)o1)c1ccccc1. The minimum atomic E-state index is -0.363. The van der Waals surface area contributed by atoms with E-state index in [2.05, 4.69) is 40.3 Å². The Morgan fingerprint density at radius 1 is 1.24 bits per heavy atom. The van der Waals surface area contributed by atoms with Crippen LogP contribution in [0.25, 0.3) is 0 Å². The number of benzene rings is 1. The number of carbonyl (C=O) groups is 1. The van der Waals surface area contributed by atoms with Gasteiger partial charge in [-0.25, -0.2) is 5.43 Å². The van der Waals surface area contributed by atoms with E-state index in [0.29, 0.717) is 10.6 Å². The summed E-state index contributed by atoms with van der Waals surface area (Å²) in [5, 5.41) is 4.26. The number of nitrogens with one attached hydrogen (secondary N) is 1. The molecule has 1 aromatic carbocycles. The molecule has 4 nitrogen and oxygen atoms in total. The monoisotopic (exact) mass is 348 g/mol. The van der Waals surface area contributed by atoms with Crippen molar-refractivity contribution in [1.29, 1.82) is 0 Å². The van der Waals surface area contributed by atoms with E-state index in [0.717, 1.165) is 17.7 Å². The maximum Gasteiger partial charge on any atom is 0.307 e. The molecule has 1 aromatic heterocycles. The lowest BCUT2D eigenvalue weighted by molar-refractivity contribution is 0.0926. The molecule has 0 atom stereocenters. The second-order valence-electron chi connectivity index (χ2n) is 5.07. The highest BCUT2D eigenvalue weighted by Gasteiger charge is 2.11. The molecule has 0 spiro atoms. The molecule has 0 radical (unpaired) electrons. The predicted octanol–water partition coefficient (Wildman–Crippen LogP) is 4.22. The molecule has 2 rings (SSSR count). The first-order valence-electron chi connectivity index (χ1n) is 6.74. The fourth-order valence-corrected chi connectivity index (χ4v) is 2.16. The Bertz CT molecular complexity index is 633. The molecule has 0 saturated carbocycles. The number of hydrazone groups is 1. The molecule has 0 bridgehead atoms. The maximum atomic E-state index is 11.9. The maximum absolute atomic E-state index is 11.9. The van der Waals surface area contributed by atoms with Gasteiger partial charge in [0.25, 0.3) is 0 Å². The van der Waals surface area contributed by atoms with E-state index in [1.165, 1.54) is 0 Å². The lowest BCUT2D eigenvalue weighted by Gasteiger charge is -2.09. The van der Waals surface area contributed by atoms with E-state index in [1.54, 1.807) is 12.1 Å². The number of carbonyl (C=O) groups excluding carboxylic acids is 1. The molecular formula is C16H17BrN2O2. The van der Waals surface area contributed by atoms with Crippen molar-refractivity contribution in [3.05, 3.63) is 58.5 Å². The van der Waals surface area contributed by atoms with Crippen LogP contribution < -0.4 is 5.43 Å². The van der Waals surface area contributed by atoms with Crippen molar-refractivity contribution in [3.63, 3.8) is 0 Å². The van der Waals surface area contributed by atoms with Crippen LogP contribution >= 0.6 is 15.9 Å². The first kappa shape index (κ1) is 15.5. The van der Waals surface area contributed by atoms with Crippen LogP contribution in [0, 0.1) is 5.92 Å². The van der Waals surface area contributed by atoms with Crippen molar-refractivity contribution in [2.45, 2.75) is 20.3 Å². The molecular weight excluding hydrogens is 332 g/mol. The van der Waals surface area contributed by atoms with Crippen molar-refractivity contribution in [2.24, 2.45) is 11.0 Å². The van der Waals surface area contributed by atoms with E-state index >= 15 is 0 Å². The van der Waals surface area contributed by atoms with Gasteiger partial charge in [-0.1, -0.05) is 44.2 Å². The average Bonchev–Trinajstić information content (AvgIpc) is 2.90. The number of halogens is 1. The smallest absolute Gasteiger partial charge is 0.307 e. The molecule has 1 amide bonds. The van der Waals surface area contributed by atoms with Gasteiger partial charge in [0, 0.05) is 0 Å². The number of nitrogens with zero attached hydrogens (tertiary/aromatic N) is 1. The Hall–Kier alpha value is -1.88. The largest absolute Gasteiger partial charge is 0.444 e. The first-order chi connectivity index (χ1) is 10.1. The van der Waals surface area contributed by atoms with Crippen molar-refractivity contribution < 1.29 is 9.21 Å². The first-order valence-corrected chi connectivity index (χ1v) is 7.53. The van der Waals surface area contributed by atoms with Crippen molar-refractivity contribution >= 4 is 27.5 Å². The van der Waals surface area contributed by atoms with E-state index < -0.39 is 0 Å². The summed E-state index contributed by atoms with van der Waals surface area (Å²) in [5.41, 5.74) is 4.41. The molecule has 2 aromatic rings. The molecule has 0 aliphatic heterocycles. The van der Waals surface area contributed by atoms with Crippen molar-refractivity contribution in [2.75, 3.05) is 0 Å². The summed E-state index contributed by atoms with van der Waals surface area (Å²) in [4.78, 5) is 11.9. The zero-order chi connectivity index (χ0) is 15.2. The van der Waals surface area contributed by atoms with Crippen molar-refractivity contribution in [1.82, 2.24) is 5.43 Å². The van der Waals surface area contributed by atoms with E-state index in [4.69, 9.17) is 4.42 Å². The average molecular weight is 349 g/mol. The van der Waals surface area contributed by atoms with E-state index in [1.807, 2.05) is 30.3 Å². The van der Waals surface area contributed by atoms with Gasteiger partial charge in [0.05, 0.1) is 5.71 Å². The molecule has 0 aliphatic rings. The number of furan rings is 1. The van der Waals surface area contributed by atoms with Gasteiger partial charge in [0.1, 0.15) is 0 Å². The van der Waals surface area contributed by atoms with Crippen molar-refractivity contribution in [3.8, 4) is 0 Å². The summed E-state index contributed by atoms with van der Waals surface area (Å²) in [6, 6.07) is 13.1. The number of amides is 1. The molecule has 1 heterocycles. The standard InChI is InChI=1S/C16H17BrN2O2/c1-11(2)10-13(12-6-4-3-5-7-12)18-19-16(20)14-8-9-15(17)21-14/h3-9,11H,10H2,1-2H3,(H,19,20). The second kappa shape index (κ2) is 7.22. The molecule has 21 heavy (non-hydrogen) atoms. The van der Waals surface area contributed by atoms with Crippen LogP contribution in [0.15, 0.2) is 56.7 Å². The van der Waals surface area contributed by atoms with Gasteiger partial charge >= 0.3 is 5.91 Å². The predicted molar refractivity (Wildman–Crippen MR) is 86.3 cm³/mol. The molecule has 0 aliphatic carbocycles. The zero-order valence-electron chi connectivity index (χ0n) is 12.0. The van der Waals surface area contributed by atoms with Crippen LogP contribution in [0.3, 0.4) is 0 Å². The Morgan fingerprint density at radius 3 is 2.52 bits per heavy atom. The highest BCUT2D eigenvalue weighted by atomic mass is 79.9. The van der Waals surface area contributed by atoms with Crippen LogP contribution in [0.1, 0.15) is 36.4 Å². The molecule has 0 saturated heterocycles. The van der Waals surface area contributed by atoms with Crippen LogP contribution in [-0.4, -0.2) is 11.6 Å². The Labute approximate surface area is 132 Å². The highest BCUT2D eigenvalue weighted by molar-refractivity contribution is 9.10. The quantitative estimate of drug-likeness (QED) is 0.649. The third-order valence-electron chi connectivity index (χ3n) is 2.80. The number of hydrogen-bond acceptors (Lipinski definition) is 3. The van der Waals surface area contributed by atoms with Gasteiger partial charge in [0.15, 0.2) is 10.4 Å². The summed E-state index contributed by atoms with van der Waals surface area (Å²) >= 11 is 3.17. The lowest BCUT2D eigenvalue weighted by Crippen LogP contribution is -2.20. The van der Waals surface area contributed by atoms with Crippen LogP contribution in [0.2, 0.25) is 0 Å². The minimum Gasteiger partial charge on any atom is -0.444 e. The van der Waals surface area contributed by atoms with Crippen LogP contribution in [-0.2, 0) is 0 Å². The lowest BCUT2D eigenvalue weighted by atomic mass is 10.0. The minimum absolute atomic E-state index is 0.225. The van der Waals surface area contributed by atoms with E-state index in [9.17, 15) is 4.79 Å². The number of rotatable bonds is 5. The second-order valence-corrected chi connectivity index (χ2v) is 5.85. The fraction of sp³-hybridized carbons (Fsp3) is 0.250. The normalized spacial score (nSPS) is 11.7. The van der Waals surface area contributed by atoms with Crippen LogP contribution in [0.4, 0.5) is 0 Å². The summed E-state index contributed by atoms with van der Waals surface area (Å²) in [6.07, 6.45) is 0.784. The fourth-order valence-electron chi connectivity index (χ4n) is 1.85. The Balaban J connectivity index is 2.15. The summed E-state index contributed by atoms with van der Waals surface area (Å²) in [6.45, 7) is 4.23. The summed E-state index contributed by atoms with van der Waals surface area (Å²) in [7, 11) is 0. The summed E-state index contributed by atoms with van der Waals surface area (Å²) in [5.74, 6) is 0.305. The van der Waals surface area contributed by atoms with Crippen LogP contribution in [0.5, 0.6) is 0 Å². The topological polar surface area (TPSA) is 54.6 Å². The molecule has 1 N–H and O–H groups in total. The molecule has 110 valence electrons. The van der Waals surface area contributed by atoms with Gasteiger partial charge in [-0.3, -0.25) is 4.79 Å². The third-order valence-corrected chi connectivity index (χ3v) is 3.22. The van der Waals surface area contributed by atoms with Gasteiger partial charge in [-0.15, -0.1) is 0 Å². The molecule has 0 unspecified atom stereocenters. The van der Waals surface area contributed by atoms with E-state index in [-0.39, 0.29) is 11.7 Å². The third kappa shape index (κ3) is 4.56. The Morgan fingerprint density at radius 2 is 1.95 bits per heavy atom. The van der Waals surface area contributed by atoms with Gasteiger partial charge in [0.2, 0.25) is 0 Å². The van der Waals surface area contributed by atoms with Gasteiger partial charge < -0.3 is 4.42 Å². The zero-order valence-corrected chi connectivity index (χ0v) is 13.6. The summed E-state index contributed by atoms with van der Waals surface area (Å²) < 4.78 is 5.72. The molecule has 0 fully saturated rings.